The Morgan fingerprint density at radius 3 is 2.16 bits per heavy atom. The Bertz CT molecular complexity index is 1030. The molecule has 1 saturated heterocycles. The maximum Gasteiger partial charge on any atom is 0.410 e. The quantitative estimate of drug-likeness (QED) is 0.471. The number of aliphatic hydroxyl groups is 1. The van der Waals surface area contributed by atoms with E-state index in [1.807, 2.05) is 45.9 Å². The van der Waals surface area contributed by atoms with Gasteiger partial charge in [0.2, 0.25) is 5.75 Å². The molecular weight excluding hydrogens is 474 g/mol. The lowest BCUT2D eigenvalue weighted by atomic mass is 9.94. The van der Waals surface area contributed by atoms with Crippen LogP contribution < -0.4 is 18.9 Å². The molecule has 1 aliphatic heterocycles. The summed E-state index contributed by atoms with van der Waals surface area (Å²) in [4.78, 5) is 14.0. The van der Waals surface area contributed by atoms with Gasteiger partial charge in [0.15, 0.2) is 11.5 Å². The van der Waals surface area contributed by atoms with E-state index in [0.29, 0.717) is 48.4 Å². The average Bonchev–Trinajstić information content (AvgIpc) is 2.86. The van der Waals surface area contributed by atoms with Crippen molar-refractivity contribution in [2.45, 2.75) is 58.7 Å². The molecule has 2 aromatic rings. The Morgan fingerprint density at radius 1 is 1.03 bits per heavy atom. The van der Waals surface area contributed by atoms with Gasteiger partial charge in [0, 0.05) is 13.1 Å². The fourth-order valence-corrected chi connectivity index (χ4v) is 4.56. The number of likely N-dealkylation sites (tertiary alicyclic amines) is 1. The number of hydrogen-bond donors (Lipinski definition) is 1. The number of piperidine rings is 1. The van der Waals surface area contributed by atoms with Crippen LogP contribution in [0, 0.1) is 12.8 Å². The van der Waals surface area contributed by atoms with Gasteiger partial charge in [0.1, 0.15) is 17.5 Å². The molecule has 1 atom stereocenters. The van der Waals surface area contributed by atoms with E-state index in [1.54, 1.807) is 38.4 Å². The van der Waals surface area contributed by atoms with Crippen LogP contribution in [0.5, 0.6) is 23.0 Å². The second-order valence-electron chi connectivity index (χ2n) is 10.4. The summed E-state index contributed by atoms with van der Waals surface area (Å²) in [6.07, 6.45) is 1.73. The highest BCUT2D eigenvalue weighted by Crippen LogP contribution is 2.41. The Labute approximate surface area is 220 Å². The highest BCUT2D eigenvalue weighted by Gasteiger charge is 2.27. The van der Waals surface area contributed by atoms with E-state index in [4.69, 9.17) is 23.7 Å². The smallest absolute Gasteiger partial charge is 0.410 e. The number of benzene rings is 2. The summed E-state index contributed by atoms with van der Waals surface area (Å²) in [5.74, 6) is 2.75. The number of nitrogens with zero attached hydrogens (tertiary/aromatic N) is 1. The zero-order valence-electron chi connectivity index (χ0n) is 23.1. The summed E-state index contributed by atoms with van der Waals surface area (Å²) in [6.45, 7) is 9.64. The lowest BCUT2D eigenvalue weighted by Crippen LogP contribution is -2.41. The summed E-state index contributed by atoms with van der Waals surface area (Å²) in [5.41, 5.74) is 1.87. The van der Waals surface area contributed by atoms with Gasteiger partial charge in [0.05, 0.1) is 27.9 Å². The maximum absolute atomic E-state index is 12.3. The normalized spacial score (nSPS) is 15.2. The zero-order valence-corrected chi connectivity index (χ0v) is 23.1. The molecule has 0 saturated carbocycles. The molecule has 2 aromatic carbocycles. The molecule has 3 rings (SSSR count). The second-order valence-corrected chi connectivity index (χ2v) is 10.4. The van der Waals surface area contributed by atoms with Crippen molar-refractivity contribution in [1.29, 1.82) is 0 Å². The topological polar surface area (TPSA) is 86.7 Å². The van der Waals surface area contributed by atoms with Gasteiger partial charge in [-0.05, 0) is 93.8 Å². The van der Waals surface area contributed by atoms with Gasteiger partial charge < -0.3 is 33.7 Å². The van der Waals surface area contributed by atoms with E-state index in [0.717, 1.165) is 36.1 Å². The molecule has 0 radical (unpaired) electrons. The number of aryl methyl sites for hydroxylation is 1. The fourth-order valence-electron chi connectivity index (χ4n) is 4.56. The monoisotopic (exact) mass is 515 g/mol. The first kappa shape index (κ1) is 28.4. The van der Waals surface area contributed by atoms with Crippen molar-refractivity contribution >= 4 is 6.09 Å². The number of carbonyl (C=O) groups is 1. The number of rotatable bonds is 9. The molecule has 1 aliphatic rings. The summed E-state index contributed by atoms with van der Waals surface area (Å²) in [7, 11) is 4.65. The Kier molecular flexibility index (Phi) is 9.54. The molecule has 1 unspecified atom stereocenters. The van der Waals surface area contributed by atoms with Crippen LogP contribution in [0.3, 0.4) is 0 Å². The Morgan fingerprint density at radius 2 is 1.65 bits per heavy atom. The van der Waals surface area contributed by atoms with Crippen LogP contribution in [-0.2, 0) is 4.74 Å². The van der Waals surface area contributed by atoms with Gasteiger partial charge in [0.25, 0.3) is 0 Å². The molecule has 1 N–H and O–H groups in total. The van der Waals surface area contributed by atoms with Crippen molar-refractivity contribution < 1.29 is 33.6 Å². The van der Waals surface area contributed by atoms with Crippen molar-refractivity contribution in [3.8, 4) is 23.0 Å². The van der Waals surface area contributed by atoms with Crippen molar-refractivity contribution in [3.63, 3.8) is 0 Å². The van der Waals surface area contributed by atoms with E-state index in [2.05, 4.69) is 0 Å². The summed E-state index contributed by atoms with van der Waals surface area (Å²) in [6, 6.07) is 9.22. The SMILES string of the molecule is COc1cc(C(O)c2ccc(OCCC3CCN(C(=O)OC(C)(C)C)CC3)cc2C)cc(OC)c1OC. The van der Waals surface area contributed by atoms with Gasteiger partial charge in [-0.25, -0.2) is 4.79 Å². The average molecular weight is 516 g/mol. The molecular formula is C29H41NO7. The minimum Gasteiger partial charge on any atom is -0.494 e. The Hall–Kier alpha value is -3.13. The first-order valence-electron chi connectivity index (χ1n) is 12.8. The summed E-state index contributed by atoms with van der Waals surface area (Å²) in [5, 5.41) is 11.1. The molecule has 8 heteroatoms. The third-order valence-electron chi connectivity index (χ3n) is 6.60. The molecule has 8 nitrogen and oxygen atoms in total. The van der Waals surface area contributed by atoms with Crippen LogP contribution in [0.25, 0.3) is 0 Å². The molecule has 0 spiro atoms. The van der Waals surface area contributed by atoms with Crippen LogP contribution >= 0.6 is 0 Å². The predicted molar refractivity (Wildman–Crippen MR) is 142 cm³/mol. The summed E-state index contributed by atoms with van der Waals surface area (Å²) < 4.78 is 27.7. The molecule has 1 amide bonds. The fraction of sp³-hybridized carbons (Fsp3) is 0.552. The molecule has 204 valence electrons. The van der Waals surface area contributed by atoms with Crippen LogP contribution in [0.2, 0.25) is 0 Å². The molecule has 1 fully saturated rings. The van der Waals surface area contributed by atoms with Crippen LogP contribution in [0.1, 0.15) is 62.8 Å². The van der Waals surface area contributed by atoms with Crippen LogP contribution in [0.4, 0.5) is 4.79 Å². The van der Waals surface area contributed by atoms with Crippen molar-refractivity contribution in [2.75, 3.05) is 41.0 Å². The van der Waals surface area contributed by atoms with E-state index in [9.17, 15) is 9.90 Å². The van der Waals surface area contributed by atoms with Gasteiger partial charge in [-0.15, -0.1) is 0 Å². The second kappa shape index (κ2) is 12.4. The number of hydrogen-bond acceptors (Lipinski definition) is 7. The molecule has 0 aromatic heterocycles. The number of amides is 1. The number of ether oxygens (including phenoxy) is 5. The highest BCUT2D eigenvalue weighted by molar-refractivity contribution is 5.68. The number of aliphatic hydroxyl groups excluding tert-OH is 1. The van der Waals surface area contributed by atoms with E-state index in [-0.39, 0.29) is 6.09 Å². The van der Waals surface area contributed by atoms with Crippen molar-refractivity contribution in [3.05, 3.63) is 47.0 Å². The third-order valence-corrected chi connectivity index (χ3v) is 6.60. The molecule has 37 heavy (non-hydrogen) atoms. The highest BCUT2D eigenvalue weighted by atomic mass is 16.6. The van der Waals surface area contributed by atoms with Gasteiger partial charge in [-0.1, -0.05) is 6.07 Å². The van der Waals surface area contributed by atoms with Crippen LogP contribution in [-0.4, -0.2) is 62.7 Å². The lowest BCUT2D eigenvalue weighted by Gasteiger charge is -2.33. The minimum atomic E-state index is -0.863. The summed E-state index contributed by atoms with van der Waals surface area (Å²) >= 11 is 0. The first-order chi connectivity index (χ1) is 17.6. The van der Waals surface area contributed by atoms with Gasteiger partial charge in [-0.3, -0.25) is 0 Å². The van der Waals surface area contributed by atoms with Gasteiger partial charge >= 0.3 is 6.09 Å². The third kappa shape index (κ3) is 7.44. The van der Waals surface area contributed by atoms with Crippen molar-refractivity contribution in [2.24, 2.45) is 5.92 Å². The van der Waals surface area contributed by atoms with Crippen LogP contribution in [0.15, 0.2) is 30.3 Å². The number of methoxy groups -OCH3 is 3. The molecule has 0 bridgehead atoms. The minimum absolute atomic E-state index is 0.230. The van der Waals surface area contributed by atoms with E-state index >= 15 is 0 Å². The number of carbonyl (C=O) groups excluding carboxylic acids is 1. The first-order valence-corrected chi connectivity index (χ1v) is 12.8. The van der Waals surface area contributed by atoms with E-state index < -0.39 is 11.7 Å². The standard InChI is InChI=1S/C29H41NO7/c1-19-16-22(36-15-12-20-10-13-30(14-11-20)28(32)37-29(2,3)4)8-9-23(19)26(31)21-17-24(33-5)27(35-7)25(18-21)34-6/h8-9,16-18,20,26,31H,10-15H2,1-7H3. The van der Waals surface area contributed by atoms with Crippen molar-refractivity contribution in [1.82, 2.24) is 4.90 Å². The van der Waals surface area contributed by atoms with Gasteiger partial charge in [-0.2, -0.15) is 0 Å². The zero-order chi connectivity index (χ0) is 27.2. The largest absolute Gasteiger partial charge is 0.494 e. The predicted octanol–water partition coefficient (Wildman–Crippen LogP) is 5.52. The lowest BCUT2D eigenvalue weighted by molar-refractivity contribution is 0.0177. The van der Waals surface area contributed by atoms with E-state index in [1.165, 1.54) is 0 Å². The Balaban J connectivity index is 1.55. The maximum atomic E-state index is 12.3. The molecule has 1 heterocycles. The molecule has 0 aliphatic carbocycles.